The van der Waals surface area contributed by atoms with Crippen molar-refractivity contribution in [1.29, 1.82) is 10.5 Å². The van der Waals surface area contributed by atoms with Crippen molar-refractivity contribution in [2.24, 2.45) is 0 Å². The summed E-state index contributed by atoms with van der Waals surface area (Å²) in [7, 11) is 0. The first-order valence-corrected chi connectivity index (χ1v) is 16.2. The van der Waals surface area contributed by atoms with Crippen LogP contribution < -0.4 is 0 Å². The highest BCUT2D eigenvalue weighted by Gasteiger charge is 2.16. The smallest absolute Gasteiger partial charge is 0.114 e. The Kier molecular flexibility index (Phi) is 8.06. The van der Waals surface area contributed by atoms with Gasteiger partial charge in [-0.25, -0.2) is 0 Å². The van der Waals surface area contributed by atoms with Crippen LogP contribution in [0.5, 0.6) is 0 Å². The minimum absolute atomic E-state index is 0.615. The van der Waals surface area contributed by atoms with Crippen LogP contribution in [0.4, 0.5) is 0 Å². The monoisotopic (exact) mass is 710 g/mol. The number of nitriles is 2. The quantitative estimate of drug-likeness (QED) is 0.161. The minimum atomic E-state index is 0.615. The maximum atomic E-state index is 9.76. The molecule has 0 atom stereocenters. The van der Waals surface area contributed by atoms with E-state index in [9.17, 15) is 10.5 Å². The third-order valence-electron chi connectivity index (χ3n) is 6.32. The first-order valence-electron chi connectivity index (χ1n) is 12.2. The Morgan fingerprint density at radius 1 is 0.585 bits per heavy atom. The van der Waals surface area contributed by atoms with Crippen molar-refractivity contribution >= 4 is 101 Å². The molecule has 0 saturated heterocycles. The van der Waals surface area contributed by atoms with Crippen molar-refractivity contribution in [1.82, 2.24) is 8.75 Å². The Labute approximate surface area is 265 Å². The van der Waals surface area contributed by atoms with Gasteiger partial charge in [0.15, 0.2) is 0 Å². The Morgan fingerprint density at radius 3 is 1.39 bits per heavy atom. The van der Waals surface area contributed by atoms with Gasteiger partial charge in [0, 0.05) is 39.6 Å². The molecule has 0 fully saturated rings. The number of halogens is 2. The number of allylic oxidation sites excluding steroid dienone is 2. The predicted molar refractivity (Wildman–Crippen MR) is 179 cm³/mol. The molecule has 3 heterocycles. The summed E-state index contributed by atoms with van der Waals surface area (Å²) in [6.45, 7) is 0. The molecule has 6 aromatic rings. The lowest BCUT2D eigenvalue weighted by Crippen LogP contribution is -1.82. The van der Waals surface area contributed by atoms with Crippen LogP contribution in [0.25, 0.3) is 55.2 Å². The van der Waals surface area contributed by atoms with Crippen molar-refractivity contribution in [3.63, 3.8) is 0 Å². The zero-order valence-corrected chi connectivity index (χ0v) is 26.6. The van der Waals surface area contributed by atoms with Gasteiger partial charge in [-0.3, -0.25) is 0 Å². The summed E-state index contributed by atoms with van der Waals surface area (Å²) in [6, 6.07) is 32.5. The highest BCUT2D eigenvalue weighted by molar-refractivity contribution is 9.10. The summed E-state index contributed by atoms with van der Waals surface area (Å²) in [5.41, 5.74) is 6.74. The molecule has 196 valence electrons. The fourth-order valence-corrected chi connectivity index (χ4v) is 7.38. The number of aromatic nitrogens is 2. The van der Waals surface area contributed by atoms with Gasteiger partial charge >= 0.3 is 0 Å². The summed E-state index contributed by atoms with van der Waals surface area (Å²) >= 11 is 11.3. The normalized spacial score (nSPS) is 11.9. The molecule has 0 aliphatic rings. The van der Waals surface area contributed by atoms with Gasteiger partial charge in [0.1, 0.15) is 11.0 Å². The molecule has 4 nitrogen and oxygen atoms in total. The number of hydrogen-bond acceptors (Lipinski definition) is 7. The molecule has 41 heavy (non-hydrogen) atoms. The summed E-state index contributed by atoms with van der Waals surface area (Å²) in [5, 5.41) is 19.5. The maximum Gasteiger partial charge on any atom is 0.114 e. The Bertz CT molecular complexity index is 1890. The first kappa shape index (κ1) is 27.5. The third-order valence-corrected chi connectivity index (χ3v) is 10.0. The van der Waals surface area contributed by atoms with Crippen molar-refractivity contribution in [2.45, 2.75) is 0 Å². The summed E-state index contributed by atoms with van der Waals surface area (Å²) < 4.78 is 11.3. The van der Waals surface area contributed by atoms with Gasteiger partial charge in [-0.15, -0.1) is 22.7 Å². The SMILES string of the molecule is N#C/C(=C\c1ccc(-c2ccc(-c3ccc(/C=C(\C#N)c4ccc(Br)cc4)s3)c3nsnc23)s1)c1ccc(Br)cc1. The molecular formula is C32H16Br2N4S3. The van der Waals surface area contributed by atoms with E-state index in [0.717, 1.165) is 61.7 Å². The van der Waals surface area contributed by atoms with Gasteiger partial charge in [-0.05, 0) is 71.8 Å². The highest BCUT2D eigenvalue weighted by atomic mass is 79.9. The third kappa shape index (κ3) is 5.87. The molecular weight excluding hydrogens is 696 g/mol. The van der Waals surface area contributed by atoms with Gasteiger partial charge in [-0.2, -0.15) is 19.3 Å². The van der Waals surface area contributed by atoms with E-state index in [1.165, 1.54) is 11.7 Å². The van der Waals surface area contributed by atoms with Crippen molar-refractivity contribution in [3.05, 3.63) is 115 Å². The number of fused-ring (bicyclic) bond motifs is 1. The molecule has 0 N–H and O–H groups in total. The molecule has 0 amide bonds. The molecule has 0 aliphatic carbocycles. The highest BCUT2D eigenvalue weighted by Crippen LogP contribution is 2.40. The number of nitrogens with zero attached hydrogens (tertiary/aromatic N) is 4. The second kappa shape index (κ2) is 12.0. The molecule has 3 aromatic heterocycles. The molecule has 9 heteroatoms. The molecule has 0 radical (unpaired) electrons. The van der Waals surface area contributed by atoms with E-state index in [1.807, 2.05) is 72.8 Å². The Morgan fingerprint density at radius 2 is 1.00 bits per heavy atom. The molecule has 0 unspecified atom stereocenters. The first-order chi connectivity index (χ1) is 20.0. The number of thiophene rings is 2. The zero-order chi connectivity index (χ0) is 28.3. The average molecular weight is 713 g/mol. The lowest BCUT2D eigenvalue weighted by Gasteiger charge is -2.03. The fourth-order valence-electron chi connectivity index (χ4n) is 4.32. The van der Waals surface area contributed by atoms with Crippen LogP contribution in [-0.4, -0.2) is 8.75 Å². The second-order valence-electron chi connectivity index (χ2n) is 8.88. The molecule has 3 aromatic carbocycles. The van der Waals surface area contributed by atoms with Crippen molar-refractivity contribution in [3.8, 4) is 33.0 Å². The van der Waals surface area contributed by atoms with E-state index in [2.05, 4.69) is 77.0 Å². The van der Waals surface area contributed by atoms with Gasteiger partial charge in [0.2, 0.25) is 0 Å². The lowest BCUT2D eigenvalue weighted by molar-refractivity contribution is 1.52. The van der Waals surface area contributed by atoms with E-state index < -0.39 is 0 Å². The number of rotatable bonds is 6. The zero-order valence-electron chi connectivity index (χ0n) is 21.0. The molecule has 0 saturated carbocycles. The topological polar surface area (TPSA) is 73.4 Å². The van der Waals surface area contributed by atoms with Crippen molar-refractivity contribution < 1.29 is 0 Å². The van der Waals surface area contributed by atoms with E-state index in [4.69, 9.17) is 0 Å². The molecule has 0 aliphatic heterocycles. The number of benzene rings is 3. The molecule has 0 bridgehead atoms. The standard InChI is InChI=1S/C32H16Br2N4S3/c33-23-5-1-19(2-6-23)21(17-35)15-25-9-13-29(39-25)27-11-12-28(32-31(27)37-41-38-32)30-14-10-26(40-30)16-22(18-36)20-3-7-24(34)8-4-20/h1-16H/b21-15+,22-16+. The fraction of sp³-hybridized carbons (Fsp3) is 0. The van der Waals surface area contributed by atoms with Gasteiger partial charge in [0.05, 0.1) is 35.0 Å². The molecule has 0 spiro atoms. The maximum absolute atomic E-state index is 9.76. The van der Waals surface area contributed by atoms with E-state index >= 15 is 0 Å². The summed E-state index contributed by atoms with van der Waals surface area (Å²) in [4.78, 5) is 4.12. The van der Waals surface area contributed by atoms with Gasteiger partial charge in [-0.1, -0.05) is 68.3 Å². The van der Waals surface area contributed by atoms with Crippen LogP contribution in [0.2, 0.25) is 0 Å². The van der Waals surface area contributed by atoms with Crippen LogP contribution in [-0.2, 0) is 0 Å². The van der Waals surface area contributed by atoms with E-state index in [0.29, 0.717) is 11.1 Å². The largest absolute Gasteiger partial charge is 0.192 e. The lowest BCUT2D eigenvalue weighted by atomic mass is 10.1. The van der Waals surface area contributed by atoms with Crippen LogP contribution in [0, 0.1) is 22.7 Å². The predicted octanol–water partition coefficient (Wildman–Crippen LogP) is 10.8. The van der Waals surface area contributed by atoms with Crippen LogP contribution in [0.15, 0.2) is 93.9 Å². The van der Waals surface area contributed by atoms with Gasteiger partial charge < -0.3 is 0 Å². The molecule has 6 rings (SSSR count). The average Bonchev–Trinajstić information content (AvgIpc) is 3.77. The second-order valence-corrected chi connectivity index (χ2v) is 13.5. The van der Waals surface area contributed by atoms with Crippen LogP contribution in [0.3, 0.4) is 0 Å². The summed E-state index contributed by atoms with van der Waals surface area (Å²) in [6.07, 6.45) is 3.85. The van der Waals surface area contributed by atoms with E-state index in [-0.39, 0.29) is 0 Å². The Hall–Kier alpha value is -3.70. The van der Waals surface area contributed by atoms with Crippen LogP contribution in [0.1, 0.15) is 20.9 Å². The minimum Gasteiger partial charge on any atom is -0.192 e. The van der Waals surface area contributed by atoms with Crippen LogP contribution >= 0.6 is 66.3 Å². The van der Waals surface area contributed by atoms with E-state index in [1.54, 1.807) is 22.7 Å². The van der Waals surface area contributed by atoms with Crippen molar-refractivity contribution in [2.75, 3.05) is 0 Å². The Balaban J connectivity index is 1.31. The van der Waals surface area contributed by atoms with Gasteiger partial charge in [0.25, 0.3) is 0 Å². The summed E-state index contributed by atoms with van der Waals surface area (Å²) in [5.74, 6) is 0. The number of hydrogen-bond donors (Lipinski definition) is 0.